The molecule has 2 heterocycles. The summed E-state index contributed by atoms with van der Waals surface area (Å²) in [6, 6.07) is 13.7. The second kappa shape index (κ2) is 8.66. The summed E-state index contributed by atoms with van der Waals surface area (Å²) in [6.07, 6.45) is 5.62. The summed E-state index contributed by atoms with van der Waals surface area (Å²) in [6.45, 7) is 1.60. The molecule has 1 saturated carbocycles. The fraction of sp³-hybridized carbons (Fsp3) is 0.462. The highest BCUT2D eigenvalue weighted by Gasteiger charge is 2.55. The maximum Gasteiger partial charge on any atom is 0.254 e. The number of fused-ring (bicyclic) bond motifs is 1. The number of benzene rings is 2. The van der Waals surface area contributed by atoms with Crippen LogP contribution >= 0.6 is 0 Å². The van der Waals surface area contributed by atoms with Crippen molar-refractivity contribution in [1.29, 1.82) is 0 Å². The van der Waals surface area contributed by atoms with Crippen LogP contribution in [-0.2, 0) is 16.1 Å². The zero-order chi connectivity index (χ0) is 22.1. The summed E-state index contributed by atoms with van der Waals surface area (Å²) >= 11 is 0. The van der Waals surface area contributed by atoms with Crippen LogP contribution in [0.5, 0.6) is 0 Å². The molecule has 0 bridgehead atoms. The topological polar surface area (TPSA) is 58.6 Å². The lowest BCUT2D eigenvalue weighted by Crippen LogP contribution is -2.62. The van der Waals surface area contributed by atoms with Gasteiger partial charge in [-0.05, 0) is 55.0 Å². The average molecular weight is 437 g/mol. The summed E-state index contributed by atoms with van der Waals surface area (Å²) in [7, 11) is 0. The van der Waals surface area contributed by atoms with Crippen LogP contribution in [0.3, 0.4) is 0 Å². The first-order chi connectivity index (χ1) is 15.6. The van der Waals surface area contributed by atoms with Crippen molar-refractivity contribution in [3.05, 3.63) is 71.0 Å². The molecule has 2 fully saturated rings. The quantitative estimate of drug-likeness (QED) is 0.765. The van der Waals surface area contributed by atoms with E-state index in [9.17, 15) is 14.0 Å². The van der Waals surface area contributed by atoms with Crippen molar-refractivity contribution in [2.45, 2.75) is 62.6 Å². The number of rotatable bonds is 5. The van der Waals surface area contributed by atoms with Crippen LogP contribution in [0.2, 0.25) is 0 Å². The smallest absolute Gasteiger partial charge is 0.254 e. The van der Waals surface area contributed by atoms with Gasteiger partial charge in [0, 0.05) is 25.3 Å². The van der Waals surface area contributed by atoms with Gasteiger partial charge in [0.25, 0.3) is 5.91 Å². The predicted molar refractivity (Wildman–Crippen MR) is 119 cm³/mol. The highest BCUT2D eigenvalue weighted by molar-refractivity contribution is 6.02. The van der Waals surface area contributed by atoms with Crippen molar-refractivity contribution < 1.29 is 18.7 Å². The van der Waals surface area contributed by atoms with E-state index in [1.54, 1.807) is 12.1 Å². The van der Waals surface area contributed by atoms with E-state index in [4.69, 9.17) is 4.74 Å². The Labute approximate surface area is 187 Å². The molecule has 32 heavy (non-hydrogen) atoms. The van der Waals surface area contributed by atoms with Gasteiger partial charge >= 0.3 is 0 Å². The molecule has 6 heteroatoms. The summed E-state index contributed by atoms with van der Waals surface area (Å²) in [5.74, 6) is -0.788. The number of ether oxygens (including phenoxy) is 1. The molecule has 5 rings (SSSR count). The Morgan fingerprint density at radius 3 is 2.56 bits per heavy atom. The van der Waals surface area contributed by atoms with E-state index in [-0.39, 0.29) is 23.7 Å². The van der Waals surface area contributed by atoms with Crippen LogP contribution in [0.15, 0.2) is 48.5 Å². The lowest BCUT2D eigenvalue weighted by atomic mass is 9.71. The normalized spacial score (nSPS) is 24.0. The number of nitrogens with zero attached hydrogens (tertiary/aromatic N) is 1. The monoisotopic (exact) mass is 436 g/mol. The maximum absolute atomic E-state index is 13.7. The van der Waals surface area contributed by atoms with E-state index in [1.165, 1.54) is 12.1 Å². The Hall–Kier alpha value is -2.73. The van der Waals surface area contributed by atoms with Gasteiger partial charge in [-0.25, -0.2) is 4.39 Å². The standard InChI is InChI=1S/C26H29FN2O3/c27-19-11-9-18(10-12-19)16-28-24(30)23-21-7-1-2-8-22(21)25(31)29(17-20-6-5-15-32-20)26(23)13-3-4-14-26/h1-2,7-12,20,23H,3-6,13-17H2,(H,28,30)/t20-,23-/m1/s1. The van der Waals surface area contributed by atoms with Gasteiger partial charge < -0.3 is 15.0 Å². The SMILES string of the molecule is O=C(NCc1ccc(F)cc1)[C@H]1c2ccccc2C(=O)N(C[C@H]2CCCO2)C12CCCC2. The minimum atomic E-state index is -0.524. The predicted octanol–water partition coefficient (Wildman–Crippen LogP) is 4.17. The number of carbonyl (C=O) groups excluding carboxylic acids is 2. The van der Waals surface area contributed by atoms with E-state index in [0.29, 0.717) is 18.7 Å². The van der Waals surface area contributed by atoms with E-state index >= 15 is 0 Å². The molecule has 2 atom stereocenters. The van der Waals surface area contributed by atoms with E-state index in [1.807, 2.05) is 29.2 Å². The molecule has 0 unspecified atom stereocenters. The molecule has 0 radical (unpaired) electrons. The van der Waals surface area contributed by atoms with Gasteiger partial charge in [0.1, 0.15) is 5.82 Å². The minimum absolute atomic E-state index is 0.0144. The largest absolute Gasteiger partial charge is 0.376 e. The van der Waals surface area contributed by atoms with Crippen LogP contribution in [-0.4, -0.2) is 41.5 Å². The molecule has 2 aliphatic heterocycles. The summed E-state index contributed by atoms with van der Waals surface area (Å²) < 4.78 is 19.1. The molecule has 1 saturated heterocycles. The molecule has 3 aliphatic rings. The number of carbonyl (C=O) groups is 2. The molecule has 0 aromatic heterocycles. The van der Waals surface area contributed by atoms with Crippen LogP contribution in [0, 0.1) is 5.82 Å². The Balaban J connectivity index is 1.49. The first kappa shape index (κ1) is 21.1. The van der Waals surface area contributed by atoms with Crippen LogP contribution in [0.4, 0.5) is 4.39 Å². The highest BCUT2D eigenvalue weighted by Crippen LogP contribution is 2.50. The van der Waals surface area contributed by atoms with Crippen LogP contribution in [0.25, 0.3) is 0 Å². The Bertz CT molecular complexity index is 994. The number of halogens is 1. The third-order valence-corrected chi connectivity index (χ3v) is 7.34. The van der Waals surface area contributed by atoms with Crippen molar-refractivity contribution in [1.82, 2.24) is 10.2 Å². The lowest BCUT2D eigenvalue weighted by Gasteiger charge is -2.50. The average Bonchev–Trinajstić information content (AvgIpc) is 3.49. The summed E-state index contributed by atoms with van der Waals surface area (Å²) in [5, 5.41) is 3.08. The molecule has 1 N–H and O–H groups in total. The van der Waals surface area contributed by atoms with Crippen molar-refractivity contribution in [3.63, 3.8) is 0 Å². The van der Waals surface area contributed by atoms with Crippen molar-refractivity contribution in [2.24, 2.45) is 0 Å². The van der Waals surface area contributed by atoms with Gasteiger partial charge in [0.2, 0.25) is 5.91 Å². The Morgan fingerprint density at radius 2 is 1.84 bits per heavy atom. The third kappa shape index (κ3) is 3.71. The fourth-order valence-electron chi connectivity index (χ4n) is 5.82. The van der Waals surface area contributed by atoms with Crippen molar-refractivity contribution >= 4 is 11.8 Å². The first-order valence-corrected chi connectivity index (χ1v) is 11.6. The van der Waals surface area contributed by atoms with Crippen LogP contribution < -0.4 is 5.32 Å². The number of hydrogen-bond donors (Lipinski definition) is 1. The van der Waals surface area contributed by atoms with E-state index in [2.05, 4.69) is 5.32 Å². The molecule has 2 amide bonds. The van der Waals surface area contributed by atoms with Gasteiger partial charge in [-0.1, -0.05) is 43.2 Å². The van der Waals surface area contributed by atoms with Gasteiger partial charge in [0.15, 0.2) is 0 Å². The molecule has 1 spiro atoms. The molecule has 2 aromatic rings. The fourth-order valence-corrected chi connectivity index (χ4v) is 5.82. The van der Waals surface area contributed by atoms with Crippen molar-refractivity contribution in [3.8, 4) is 0 Å². The number of amides is 2. The summed E-state index contributed by atoms with van der Waals surface area (Å²) in [5.41, 5.74) is 1.76. The van der Waals surface area contributed by atoms with E-state index < -0.39 is 11.5 Å². The third-order valence-electron chi connectivity index (χ3n) is 7.34. The highest BCUT2D eigenvalue weighted by atomic mass is 19.1. The first-order valence-electron chi connectivity index (χ1n) is 11.6. The molecule has 168 valence electrons. The van der Waals surface area contributed by atoms with Crippen LogP contribution in [0.1, 0.15) is 65.9 Å². The van der Waals surface area contributed by atoms with Gasteiger partial charge in [-0.2, -0.15) is 0 Å². The molecular weight excluding hydrogens is 407 g/mol. The van der Waals surface area contributed by atoms with Gasteiger partial charge in [0.05, 0.1) is 17.6 Å². The van der Waals surface area contributed by atoms with Gasteiger partial charge in [-0.3, -0.25) is 9.59 Å². The molecule has 1 aliphatic carbocycles. The van der Waals surface area contributed by atoms with Gasteiger partial charge in [-0.15, -0.1) is 0 Å². The zero-order valence-corrected chi connectivity index (χ0v) is 18.2. The molecule has 2 aromatic carbocycles. The second-order valence-corrected chi connectivity index (χ2v) is 9.23. The Morgan fingerprint density at radius 1 is 1.09 bits per heavy atom. The second-order valence-electron chi connectivity index (χ2n) is 9.23. The maximum atomic E-state index is 13.7. The number of nitrogens with one attached hydrogen (secondary N) is 1. The van der Waals surface area contributed by atoms with Crippen molar-refractivity contribution in [2.75, 3.05) is 13.2 Å². The molecule has 5 nitrogen and oxygen atoms in total. The number of hydrogen-bond acceptors (Lipinski definition) is 3. The summed E-state index contributed by atoms with van der Waals surface area (Å²) in [4.78, 5) is 29.3. The Kier molecular flexibility index (Phi) is 5.72. The minimum Gasteiger partial charge on any atom is -0.376 e. The molecular formula is C26H29FN2O3. The zero-order valence-electron chi connectivity index (χ0n) is 18.2. The lowest BCUT2D eigenvalue weighted by molar-refractivity contribution is -0.127. The van der Waals surface area contributed by atoms with E-state index in [0.717, 1.165) is 56.3 Å².